The zero-order chi connectivity index (χ0) is 20.4. The Morgan fingerprint density at radius 3 is 2.61 bits per heavy atom. The molecule has 0 radical (unpaired) electrons. The third-order valence-corrected chi connectivity index (χ3v) is 5.22. The molecule has 0 spiro atoms. The largest absolute Gasteiger partial charge is 0.459 e. The predicted octanol–water partition coefficient (Wildman–Crippen LogP) is 4.28. The molecule has 8 heteroatoms. The van der Waals surface area contributed by atoms with Gasteiger partial charge in [0, 0.05) is 11.9 Å². The molecular weight excluding hydrogens is 376 g/mol. The van der Waals surface area contributed by atoms with Crippen molar-refractivity contribution in [2.24, 2.45) is 0 Å². The Hall–Kier alpha value is -3.00. The lowest BCUT2D eigenvalue weighted by molar-refractivity contribution is 0.0376. The molecule has 0 unspecified atom stereocenters. The van der Waals surface area contributed by atoms with E-state index in [9.17, 15) is 9.59 Å². The van der Waals surface area contributed by atoms with Crippen LogP contribution >= 0.6 is 11.3 Å². The molecule has 3 aromatic heterocycles. The molecule has 0 saturated heterocycles. The number of aromatic amines is 1. The van der Waals surface area contributed by atoms with Crippen LogP contribution in [0.25, 0.3) is 10.6 Å². The van der Waals surface area contributed by atoms with E-state index in [1.807, 2.05) is 25.1 Å². The van der Waals surface area contributed by atoms with Crippen LogP contribution in [0.5, 0.6) is 0 Å². The zero-order valence-corrected chi connectivity index (χ0v) is 17.2. The molecule has 0 saturated carbocycles. The number of ether oxygens (including phenoxy) is 1. The van der Waals surface area contributed by atoms with Gasteiger partial charge in [0.1, 0.15) is 5.69 Å². The van der Waals surface area contributed by atoms with Gasteiger partial charge < -0.3 is 9.72 Å². The molecule has 3 heterocycles. The van der Waals surface area contributed by atoms with Crippen molar-refractivity contribution in [1.82, 2.24) is 15.0 Å². The fourth-order valence-corrected chi connectivity index (χ4v) is 3.84. The average Bonchev–Trinajstić information content (AvgIpc) is 3.14. The van der Waals surface area contributed by atoms with Crippen molar-refractivity contribution in [3.63, 3.8) is 0 Å². The van der Waals surface area contributed by atoms with Gasteiger partial charge in [-0.2, -0.15) is 0 Å². The highest BCUT2D eigenvalue weighted by molar-refractivity contribution is 7.19. The van der Waals surface area contributed by atoms with E-state index in [2.05, 4.69) is 20.3 Å². The Morgan fingerprint density at radius 2 is 1.96 bits per heavy atom. The SMILES string of the molecule is Cc1nc(NC(=O)c2[nH]c(C)c(C(=O)OC(C)C)c2C)sc1-c1ccccn1. The number of hydrogen-bond acceptors (Lipinski definition) is 6. The summed E-state index contributed by atoms with van der Waals surface area (Å²) < 4.78 is 5.27. The first-order valence-electron chi connectivity index (χ1n) is 8.88. The number of rotatable bonds is 5. The standard InChI is InChI=1S/C20H22N4O3S/c1-10(2)27-19(26)15-11(3)16(22-12(15)4)18(25)24-20-23-13(5)17(28-20)14-8-6-7-9-21-14/h6-10,22H,1-5H3,(H,23,24,25). The Kier molecular flexibility index (Phi) is 5.60. The Labute approximate surface area is 167 Å². The monoisotopic (exact) mass is 398 g/mol. The number of anilines is 1. The predicted molar refractivity (Wildman–Crippen MR) is 109 cm³/mol. The Morgan fingerprint density at radius 1 is 1.21 bits per heavy atom. The summed E-state index contributed by atoms with van der Waals surface area (Å²) in [5, 5.41) is 3.28. The molecule has 0 aromatic carbocycles. The van der Waals surface area contributed by atoms with E-state index in [1.54, 1.807) is 33.9 Å². The molecule has 1 amide bonds. The summed E-state index contributed by atoms with van der Waals surface area (Å²) in [5.74, 6) is -0.798. The summed E-state index contributed by atoms with van der Waals surface area (Å²) in [7, 11) is 0. The van der Waals surface area contributed by atoms with Gasteiger partial charge in [-0.05, 0) is 52.3 Å². The highest BCUT2D eigenvalue weighted by atomic mass is 32.1. The Bertz CT molecular complexity index is 1020. The van der Waals surface area contributed by atoms with Gasteiger partial charge in [0.2, 0.25) is 0 Å². The molecule has 146 valence electrons. The van der Waals surface area contributed by atoms with Gasteiger partial charge in [0.05, 0.1) is 27.9 Å². The first kappa shape index (κ1) is 19.8. The van der Waals surface area contributed by atoms with Gasteiger partial charge in [0.15, 0.2) is 5.13 Å². The van der Waals surface area contributed by atoms with Crippen LogP contribution in [0.1, 0.15) is 51.6 Å². The third-order valence-electron chi connectivity index (χ3n) is 4.13. The number of H-pyrrole nitrogens is 1. The fourth-order valence-electron chi connectivity index (χ4n) is 2.90. The van der Waals surface area contributed by atoms with Gasteiger partial charge in [-0.3, -0.25) is 15.1 Å². The van der Waals surface area contributed by atoms with Crippen molar-refractivity contribution in [2.45, 2.75) is 40.7 Å². The van der Waals surface area contributed by atoms with E-state index < -0.39 is 5.97 Å². The van der Waals surface area contributed by atoms with Crippen LogP contribution in [0.2, 0.25) is 0 Å². The molecule has 2 N–H and O–H groups in total. The highest BCUT2D eigenvalue weighted by Crippen LogP contribution is 2.31. The van der Waals surface area contributed by atoms with E-state index >= 15 is 0 Å². The van der Waals surface area contributed by atoms with Crippen molar-refractivity contribution < 1.29 is 14.3 Å². The second-order valence-corrected chi connectivity index (χ2v) is 7.68. The lowest BCUT2D eigenvalue weighted by Crippen LogP contribution is -2.15. The molecule has 0 aliphatic heterocycles. The van der Waals surface area contributed by atoms with Crippen molar-refractivity contribution in [1.29, 1.82) is 0 Å². The first-order chi connectivity index (χ1) is 13.3. The molecule has 3 aromatic rings. The number of esters is 1. The summed E-state index contributed by atoms with van der Waals surface area (Å²) in [4.78, 5) is 37.7. The summed E-state index contributed by atoms with van der Waals surface area (Å²) in [5.41, 5.74) is 3.46. The Balaban J connectivity index is 1.84. The molecule has 7 nitrogen and oxygen atoms in total. The van der Waals surface area contributed by atoms with Crippen molar-refractivity contribution in [2.75, 3.05) is 5.32 Å². The van der Waals surface area contributed by atoms with E-state index in [1.165, 1.54) is 11.3 Å². The van der Waals surface area contributed by atoms with Crippen LogP contribution in [0.15, 0.2) is 24.4 Å². The van der Waals surface area contributed by atoms with Crippen LogP contribution < -0.4 is 5.32 Å². The van der Waals surface area contributed by atoms with Gasteiger partial charge in [-0.15, -0.1) is 0 Å². The van der Waals surface area contributed by atoms with Gasteiger partial charge in [-0.1, -0.05) is 17.4 Å². The van der Waals surface area contributed by atoms with Crippen molar-refractivity contribution >= 4 is 28.3 Å². The van der Waals surface area contributed by atoms with E-state index in [-0.39, 0.29) is 12.0 Å². The normalized spacial score (nSPS) is 10.9. The van der Waals surface area contributed by atoms with Crippen molar-refractivity contribution in [3.8, 4) is 10.6 Å². The smallest absolute Gasteiger partial charge is 0.340 e. The summed E-state index contributed by atoms with van der Waals surface area (Å²) in [6.45, 7) is 8.91. The first-order valence-corrected chi connectivity index (χ1v) is 9.70. The summed E-state index contributed by atoms with van der Waals surface area (Å²) >= 11 is 1.36. The van der Waals surface area contributed by atoms with Crippen LogP contribution in [0.3, 0.4) is 0 Å². The molecule has 0 atom stereocenters. The van der Waals surface area contributed by atoms with Crippen LogP contribution in [-0.4, -0.2) is 32.9 Å². The number of nitrogens with zero attached hydrogens (tertiary/aromatic N) is 2. The van der Waals surface area contributed by atoms with Crippen LogP contribution in [-0.2, 0) is 4.74 Å². The molecule has 0 aliphatic carbocycles. The number of carbonyl (C=O) groups is 2. The molecular formula is C20H22N4O3S. The average molecular weight is 398 g/mol. The molecule has 3 rings (SSSR count). The molecule has 0 fully saturated rings. The maximum atomic E-state index is 12.8. The second-order valence-electron chi connectivity index (χ2n) is 6.68. The van der Waals surface area contributed by atoms with Gasteiger partial charge in [0.25, 0.3) is 5.91 Å². The molecule has 0 aliphatic rings. The van der Waals surface area contributed by atoms with Gasteiger partial charge in [-0.25, -0.2) is 9.78 Å². The van der Waals surface area contributed by atoms with E-state index in [0.29, 0.717) is 27.6 Å². The lowest BCUT2D eigenvalue weighted by Gasteiger charge is -2.08. The number of thiazole rings is 1. The minimum atomic E-state index is -0.442. The maximum absolute atomic E-state index is 12.8. The summed E-state index contributed by atoms with van der Waals surface area (Å²) in [6.07, 6.45) is 1.48. The fraction of sp³-hybridized carbons (Fsp3) is 0.300. The van der Waals surface area contributed by atoms with E-state index in [4.69, 9.17) is 4.74 Å². The number of amides is 1. The van der Waals surface area contributed by atoms with Crippen molar-refractivity contribution in [3.05, 3.63) is 52.6 Å². The molecule has 0 bridgehead atoms. The minimum Gasteiger partial charge on any atom is -0.459 e. The zero-order valence-electron chi connectivity index (χ0n) is 16.4. The van der Waals surface area contributed by atoms with Gasteiger partial charge >= 0.3 is 5.97 Å². The second kappa shape index (κ2) is 7.93. The number of nitrogens with one attached hydrogen (secondary N) is 2. The highest BCUT2D eigenvalue weighted by Gasteiger charge is 2.24. The third kappa shape index (κ3) is 3.96. The maximum Gasteiger partial charge on any atom is 0.340 e. The molecule has 28 heavy (non-hydrogen) atoms. The number of aryl methyl sites for hydroxylation is 2. The van der Waals surface area contributed by atoms with E-state index in [0.717, 1.165) is 16.3 Å². The van der Waals surface area contributed by atoms with Crippen LogP contribution in [0.4, 0.5) is 5.13 Å². The number of hydrogen-bond donors (Lipinski definition) is 2. The topological polar surface area (TPSA) is 97.0 Å². The summed E-state index contributed by atoms with van der Waals surface area (Å²) in [6, 6.07) is 5.65. The minimum absolute atomic E-state index is 0.234. The number of pyridine rings is 1. The quantitative estimate of drug-likeness (QED) is 0.626. The lowest BCUT2D eigenvalue weighted by atomic mass is 10.1. The number of aromatic nitrogens is 3. The van der Waals surface area contributed by atoms with Crippen LogP contribution in [0, 0.1) is 20.8 Å². The number of carbonyl (C=O) groups excluding carboxylic acids is 2.